The van der Waals surface area contributed by atoms with Crippen LogP contribution in [0.4, 0.5) is 22.0 Å². The van der Waals surface area contributed by atoms with Crippen molar-refractivity contribution in [1.82, 2.24) is 25.2 Å². The number of hydrogen-bond donors (Lipinski definition) is 1. The first-order chi connectivity index (χ1) is 16.1. The molecule has 0 spiro atoms. The molecular formula is C22H18F5N5O2. The normalized spacial score (nSPS) is 14.8. The van der Waals surface area contributed by atoms with Gasteiger partial charge in [0.05, 0.1) is 11.3 Å². The highest BCUT2D eigenvalue weighted by Crippen LogP contribution is 2.33. The number of rotatable bonds is 4. The molecule has 0 aliphatic carbocycles. The van der Waals surface area contributed by atoms with Crippen LogP contribution in [0.15, 0.2) is 48.5 Å². The number of carbonyl (C=O) groups is 2. The van der Waals surface area contributed by atoms with Gasteiger partial charge in [-0.1, -0.05) is 17.3 Å². The Morgan fingerprint density at radius 2 is 1.62 bits per heavy atom. The highest BCUT2D eigenvalue weighted by atomic mass is 19.4. The number of amides is 2. The summed E-state index contributed by atoms with van der Waals surface area (Å²) < 4.78 is 68.7. The molecule has 0 unspecified atom stereocenters. The van der Waals surface area contributed by atoms with Gasteiger partial charge < -0.3 is 10.2 Å². The van der Waals surface area contributed by atoms with Crippen LogP contribution in [0, 0.1) is 11.6 Å². The SMILES string of the molecule is O=C(NC1CCN(C(=O)c2ccccc2F)CC1)c1nnn(-c2ccc(F)cc2)c1C(F)(F)F. The van der Waals surface area contributed by atoms with Gasteiger partial charge >= 0.3 is 6.18 Å². The fraction of sp³-hybridized carbons (Fsp3) is 0.273. The number of aromatic nitrogens is 3. The topological polar surface area (TPSA) is 80.1 Å². The van der Waals surface area contributed by atoms with Gasteiger partial charge in [-0.15, -0.1) is 5.10 Å². The quantitative estimate of drug-likeness (QED) is 0.580. The van der Waals surface area contributed by atoms with Crippen molar-refractivity contribution >= 4 is 11.8 Å². The Morgan fingerprint density at radius 3 is 2.24 bits per heavy atom. The standard InChI is InChI=1S/C22H18F5N5O2/c23-13-5-7-15(8-6-13)32-19(22(25,26)27)18(29-30-32)20(33)28-14-9-11-31(12-10-14)21(34)16-3-1-2-4-17(16)24/h1-8,14H,9-12H2,(H,28,33). The largest absolute Gasteiger partial charge is 0.435 e. The number of likely N-dealkylation sites (tertiary alicyclic amines) is 1. The molecule has 7 nitrogen and oxygen atoms in total. The average Bonchev–Trinajstić information content (AvgIpc) is 3.26. The molecule has 1 aliphatic heterocycles. The molecular weight excluding hydrogens is 461 g/mol. The van der Waals surface area contributed by atoms with Gasteiger partial charge in [0.15, 0.2) is 11.4 Å². The minimum absolute atomic E-state index is 0.0720. The minimum Gasteiger partial charge on any atom is -0.348 e. The lowest BCUT2D eigenvalue weighted by Gasteiger charge is -2.32. The molecule has 34 heavy (non-hydrogen) atoms. The summed E-state index contributed by atoms with van der Waals surface area (Å²) in [6.07, 6.45) is -4.43. The van der Waals surface area contributed by atoms with E-state index in [9.17, 15) is 31.5 Å². The number of benzene rings is 2. The summed E-state index contributed by atoms with van der Waals surface area (Å²) in [5.74, 6) is -2.86. The van der Waals surface area contributed by atoms with E-state index in [1.807, 2.05) is 0 Å². The molecule has 2 amide bonds. The number of nitrogens with one attached hydrogen (secondary N) is 1. The second kappa shape index (κ2) is 9.20. The van der Waals surface area contributed by atoms with Crippen LogP contribution >= 0.6 is 0 Å². The molecule has 1 fully saturated rings. The van der Waals surface area contributed by atoms with Gasteiger partial charge in [-0.3, -0.25) is 9.59 Å². The van der Waals surface area contributed by atoms with Crippen molar-refractivity contribution in [2.24, 2.45) is 0 Å². The van der Waals surface area contributed by atoms with Crippen LogP contribution in [0.25, 0.3) is 5.69 Å². The lowest BCUT2D eigenvalue weighted by molar-refractivity contribution is -0.143. The van der Waals surface area contributed by atoms with Gasteiger partial charge in [-0.25, -0.2) is 13.5 Å². The number of nitrogens with zero attached hydrogens (tertiary/aromatic N) is 4. The van der Waals surface area contributed by atoms with E-state index in [-0.39, 0.29) is 37.2 Å². The lowest BCUT2D eigenvalue weighted by Crippen LogP contribution is -2.47. The van der Waals surface area contributed by atoms with Crippen LogP contribution < -0.4 is 5.32 Å². The van der Waals surface area contributed by atoms with E-state index in [1.165, 1.54) is 23.1 Å². The zero-order valence-corrected chi connectivity index (χ0v) is 17.5. The summed E-state index contributed by atoms with van der Waals surface area (Å²) in [5.41, 5.74) is -2.48. The maximum absolute atomic E-state index is 13.9. The summed E-state index contributed by atoms with van der Waals surface area (Å²) in [7, 11) is 0. The smallest absolute Gasteiger partial charge is 0.348 e. The second-order valence-corrected chi connectivity index (χ2v) is 7.69. The molecule has 1 N–H and O–H groups in total. The van der Waals surface area contributed by atoms with Crippen LogP contribution in [0.5, 0.6) is 0 Å². The van der Waals surface area contributed by atoms with E-state index < -0.39 is 47.1 Å². The van der Waals surface area contributed by atoms with Crippen molar-refractivity contribution in [3.8, 4) is 5.69 Å². The Kier molecular flexibility index (Phi) is 6.31. The van der Waals surface area contributed by atoms with Crippen LogP contribution in [0.2, 0.25) is 0 Å². The molecule has 0 saturated carbocycles. The first-order valence-corrected chi connectivity index (χ1v) is 10.3. The predicted octanol–water partition coefficient (Wildman–Crippen LogP) is 3.60. The number of halogens is 5. The van der Waals surface area contributed by atoms with Crippen molar-refractivity contribution in [3.05, 3.63) is 77.1 Å². The Morgan fingerprint density at radius 1 is 0.971 bits per heavy atom. The Balaban J connectivity index is 1.46. The van der Waals surface area contributed by atoms with Crippen molar-refractivity contribution in [2.75, 3.05) is 13.1 Å². The number of hydrogen-bond acceptors (Lipinski definition) is 4. The van der Waals surface area contributed by atoms with Crippen LogP contribution in [-0.4, -0.2) is 50.8 Å². The summed E-state index contributed by atoms with van der Waals surface area (Å²) in [6.45, 7) is 0.374. The zero-order chi connectivity index (χ0) is 24.5. The molecule has 4 rings (SSSR count). The first kappa shape index (κ1) is 23.3. The van der Waals surface area contributed by atoms with Gasteiger partial charge in [0.2, 0.25) is 0 Å². The van der Waals surface area contributed by atoms with E-state index in [0.29, 0.717) is 4.68 Å². The second-order valence-electron chi connectivity index (χ2n) is 7.69. The maximum atomic E-state index is 13.9. The van der Waals surface area contributed by atoms with Crippen molar-refractivity contribution in [3.63, 3.8) is 0 Å². The molecule has 1 saturated heterocycles. The molecule has 0 atom stereocenters. The molecule has 12 heteroatoms. The van der Waals surface area contributed by atoms with Crippen LogP contribution in [0.1, 0.15) is 39.4 Å². The van der Waals surface area contributed by atoms with Gasteiger partial charge in [0.1, 0.15) is 11.6 Å². The van der Waals surface area contributed by atoms with E-state index in [2.05, 4.69) is 15.6 Å². The Bertz CT molecular complexity index is 1200. The van der Waals surface area contributed by atoms with Crippen molar-refractivity contribution in [2.45, 2.75) is 25.1 Å². The van der Waals surface area contributed by atoms with Crippen molar-refractivity contribution < 1.29 is 31.5 Å². The van der Waals surface area contributed by atoms with Gasteiger partial charge in [-0.2, -0.15) is 13.2 Å². The van der Waals surface area contributed by atoms with Gasteiger partial charge in [-0.05, 0) is 49.2 Å². The highest BCUT2D eigenvalue weighted by molar-refractivity contribution is 5.95. The Labute approximate surface area is 190 Å². The summed E-state index contributed by atoms with van der Waals surface area (Å²) in [4.78, 5) is 26.6. The van der Waals surface area contributed by atoms with Gasteiger partial charge in [0, 0.05) is 19.1 Å². The monoisotopic (exact) mass is 479 g/mol. The lowest BCUT2D eigenvalue weighted by atomic mass is 10.0. The molecule has 1 aromatic heterocycles. The number of carbonyl (C=O) groups excluding carboxylic acids is 2. The molecule has 0 bridgehead atoms. The van der Waals surface area contributed by atoms with E-state index >= 15 is 0 Å². The molecule has 3 aromatic rings. The van der Waals surface area contributed by atoms with E-state index in [1.54, 1.807) is 6.07 Å². The third-order valence-corrected chi connectivity index (χ3v) is 5.45. The molecule has 178 valence electrons. The summed E-state index contributed by atoms with van der Waals surface area (Å²) in [5, 5.41) is 9.37. The molecule has 2 heterocycles. The van der Waals surface area contributed by atoms with Crippen LogP contribution in [-0.2, 0) is 6.18 Å². The molecule has 0 radical (unpaired) electrons. The van der Waals surface area contributed by atoms with Gasteiger partial charge in [0.25, 0.3) is 11.8 Å². The minimum atomic E-state index is -4.96. The third kappa shape index (κ3) is 4.75. The summed E-state index contributed by atoms with van der Waals surface area (Å²) >= 11 is 0. The van der Waals surface area contributed by atoms with E-state index in [0.717, 1.165) is 24.3 Å². The highest BCUT2D eigenvalue weighted by Gasteiger charge is 2.42. The molecule has 2 aromatic carbocycles. The number of piperidine rings is 1. The summed E-state index contributed by atoms with van der Waals surface area (Å²) in [6, 6.07) is 9.14. The fourth-order valence-electron chi connectivity index (χ4n) is 3.74. The maximum Gasteiger partial charge on any atom is 0.435 e. The average molecular weight is 479 g/mol. The molecule has 1 aliphatic rings. The van der Waals surface area contributed by atoms with Crippen LogP contribution in [0.3, 0.4) is 0 Å². The first-order valence-electron chi connectivity index (χ1n) is 10.3. The fourth-order valence-corrected chi connectivity index (χ4v) is 3.74. The third-order valence-electron chi connectivity index (χ3n) is 5.45. The Hall–Kier alpha value is -3.83. The predicted molar refractivity (Wildman–Crippen MR) is 109 cm³/mol. The van der Waals surface area contributed by atoms with Crippen molar-refractivity contribution in [1.29, 1.82) is 0 Å². The van der Waals surface area contributed by atoms with E-state index in [4.69, 9.17) is 0 Å². The number of alkyl halides is 3. The zero-order valence-electron chi connectivity index (χ0n) is 17.5.